The standard InChI is InChI=1S/C11H23N3O3/c1-5-9(10(15)16)13-11(17)12-8(2)6-7-14(3)4/h8-9H,5-7H2,1-4H3,(H,15,16)(H2,12,13,17)/t8?,9-/m0/s1. The minimum Gasteiger partial charge on any atom is -0.480 e. The fourth-order valence-corrected chi connectivity index (χ4v) is 1.29. The Labute approximate surface area is 102 Å². The lowest BCUT2D eigenvalue weighted by Crippen LogP contribution is -2.48. The van der Waals surface area contributed by atoms with E-state index in [4.69, 9.17) is 5.11 Å². The van der Waals surface area contributed by atoms with Crippen LogP contribution in [0.3, 0.4) is 0 Å². The smallest absolute Gasteiger partial charge is 0.326 e. The molecule has 0 bridgehead atoms. The number of carboxylic acids is 1. The van der Waals surface area contributed by atoms with E-state index in [9.17, 15) is 9.59 Å². The molecule has 1 unspecified atom stereocenters. The van der Waals surface area contributed by atoms with Crippen LogP contribution in [0.1, 0.15) is 26.7 Å². The number of carbonyl (C=O) groups is 2. The van der Waals surface area contributed by atoms with E-state index in [1.807, 2.05) is 25.9 Å². The molecular formula is C11H23N3O3. The monoisotopic (exact) mass is 245 g/mol. The van der Waals surface area contributed by atoms with Gasteiger partial charge in [0.05, 0.1) is 0 Å². The molecular weight excluding hydrogens is 222 g/mol. The summed E-state index contributed by atoms with van der Waals surface area (Å²) in [5, 5.41) is 13.9. The highest BCUT2D eigenvalue weighted by Gasteiger charge is 2.18. The highest BCUT2D eigenvalue weighted by atomic mass is 16.4. The van der Waals surface area contributed by atoms with Gasteiger partial charge in [-0.15, -0.1) is 0 Å². The van der Waals surface area contributed by atoms with Crippen molar-refractivity contribution in [3.8, 4) is 0 Å². The topological polar surface area (TPSA) is 81.7 Å². The Bertz CT molecular complexity index is 256. The summed E-state index contributed by atoms with van der Waals surface area (Å²) in [7, 11) is 3.93. The van der Waals surface area contributed by atoms with Gasteiger partial charge in [-0.2, -0.15) is 0 Å². The predicted molar refractivity (Wildman–Crippen MR) is 66.0 cm³/mol. The molecule has 0 aromatic carbocycles. The second-order valence-electron chi connectivity index (χ2n) is 4.41. The van der Waals surface area contributed by atoms with Gasteiger partial charge in [-0.3, -0.25) is 0 Å². The van der Waals surface area contributed by atoms with Crippen molar-refractivity contribution in [1.82, 2.24) is 15.5 Å². The first-order chi connectivity index (χ1) is 7.86. The van der Waals surface area contributed by atoms with Crippen molar-refractivity contribution in [3.63, 3.8) is 0 Å². The molecule has 100 valence electrons. The molecule has 0 aromatic rings. The predicted octanol–water partition coefficient (Wildman–Crippen LogP) is 0.489. The Morgan fingerprint density at radius 1 is 1.29 bits per heavy atom. The van der Waals surface area contributed by atoms with Crippen LogP contribution in [0.4, 0.5) is 4.79 Å². The summed E-state index contributed by atoms with van der Waals surface area (Å²) in [6.07, 6.45) is 1.19. The van der Waals surface area contributed by atoms with Crippen molar-refractivity contribution < 1.29 is 14.7 Å². The van der Waals surface area contributed by atoms with Gasteiger partial charge in [0, 0.05) is 6.04 Å². The number of nitrogens with one attached hydrogen (secondary N) is 2. The zero-order chi connectivity index (χ0) is 13.4. The quantitative estimate of drug-likeness (QED) is 0.609. The third kappa shape index (κ3) is 7.57. The maximum Gasteiger partial charge on any atom is 0.326 e. The van der Waals surface area contributed by atoms with E-state index in [-0.39, 0.29) is 6.04 Å². The van der Waals surface area contributed by atoms with E-state index >= 15 is 0 Å². The van der Waals surface area contributed by atoms with E-state index in [1.165, 1.54) is 0 Å². The molecule has 0 aliphatic heterocycles. The van der Waals surface area contributed by atoms with Crippen LogP contribution in [-0.4, -0.2) is 54.7 Å². The fourth-order valence-electron chi connectivity index (χ4n) is 1.29. The summed E-state index contributed by atoms with van der Waals surface area (Å²) >= 11 is 0. The SMILES string of the molecule is CC[C@H](NC(=O)NC(C)CCN(C)C)C(=O)O. The first kappa shape index (κ1) is 15.7. The summed E-state index contributed by atoms with van der Waals surface area (Å²) in [6, 6.07) is -1.23. The summed E-state index contributed by atoms with van der Waals surface area (Å²) in [5.74, 6) is -1.01. The number of carbonyl (C=O) groups excluding carboxylic acids is 1. The Hall–Kier alpha value is -1.30. The van der Waals surface area contributed by atoms with Gasteiger partial charge in [-0.1, -0.05) is 6.92 Å². The summed E-state index contributed by atoms with van der Waals surface area (Å²) in [5.41, 5.74) is 0. The molecule has 0 saturated heterocycles. The maximum absolute atomic E-state index is 11.5. The normalized spacial score (nSPS) is 14.2. The third-order valence-electron chi connectivity index (χ3n) is 2.40. The molecule has 0 aliphatic carbocycles. The van der Waals surface area contributed by atoms with E-state index in [1.54, 1.807) is 6.92 Å². The molecule has 0 aromatic heterocycles. The van der Waals surface area contributed by atoms with Crippen molar-refractivity contribution in [2.45, 2.75) is 38.8 Å². The minimum atomic E-state index is -1.01. The minimum absolute atomic E-state index is 0.0173. The average Bonchev–Trinajstić information content (AvgIpc) is 2.22. The van der Waals surface area contributed by atoms with Gasteiger partial charge < -0.3 is 20.6 Å². The number of carboxylic acid groups (broad SMARTS) is 1. The molecule has 0 rings (SSSR count). The Balaban J connectivity index is 3.95. The molecule has 17 heavy (non-hydrogen) atoms. The third-order valence-corrected chi connectivity index (χ3v) is 2.40. The number of aliphatic carboxylic acids is 1. The lowest BCUT2D eigenvalue weighted by molar-refractivity contribution is -0.139. The van der Waals surface area contributed by atoms with E-state index < -0.39 is 18.0 Å². The molecule has 0 spiro atoms. The Morgan fingerprint density at radius 3 is 2.29 bits per heavy atom. The lowest BCUT2D eigenvalue weighted by atomic mass is 10.2. The van der Waals surface area contributed by atoms with Crippen LogP contribution in [-0.2, 0) is 4.79 Å². The largest absolute Gasteiger partial charge is 0.480 e. The number of rotatable bonds is 7. The second kappa shape index (κ2) is 7.89. The van der Waals surface area contributed by atoms with Crippen LogP contribution in [0.2, 0.25) is 0 Å². The number of amides is 2. The average molecular weight is 245 g/mol. The molecule has 0 heterocycles. The summed E-state index contributed by atoms with van der Waals surface area (Å²) in [6.45, 7) is 4.48. The van der Waals surface area contributed by atoms with Crippen molar-refractivity contribution in [2.75, 3.05) is 20.6 Å². The number of nitrogens with zero attached hydrogens (tertiary/aromatic N) is 1. The van der Waals surface area contributed by atoms with E-state index in [2.05, 4.69) is 10.6 Å². The van der Waals surface area contributed by atoms with Crippen LogP contribution in [0.25, 0.3) is 0 Å². The van der Waals surface area contributed by atoms with Crippen molar-refractivity contribution in [1.29, 1.82) is 0 Å². The van der Waals surface area contributed by atoms with Gasteiger partial charge in [0.15, 0.2) is 0 Å². The molecule has 0 fully saturated rings. The van der Waals surface area contributed by atoms with Gasteiger partial charge >= 0.3 is 12.0 Å². The zero-order valence-corrected chi connectivity index (χ0v) is 11.0. The van der Waals surface area contributed by atoms with E-state index in [0.717, 1.165) is 13.0 Å². The molecule has 0 aliphatic rings. The van der Waals surface area contributed by atoms with Gasteiger partial charge in [0.25, 0.3) is 0 Å². The van der Waals surface area contributed by atoms with Crippen LogP contribution >= 0.6 is 0 Å². The Morgan fingerprint density at radius 2 is 1.88 bits per heavy atom. The Kier molecular flexibility index (Phi) is 7.29. The summed E-state index contributed by atoms with van der Waals surface area (Å²) < 4.78 is 0. The first-order valence-electron chi connectivity index (χ1n) is 5.81. The molecule has 2 atom stereocenters. The second-order valence-corrected chi connectivity index (χ2v) is 4.41. The first-order valence-corrected chi connectivity index (χ1v) is 5.81. The number of hydrogen-bond acceptors (Lipinski definition) is 3. The molecule has 2 amide bonds. The lowest BCUT2D eigenvalue weighted by Gasteiger charge is -2.19. The molecule has 6 heteroatoms. The fraction of sp³-hybridized carbons (Fsp3) is 0.818. The zero-order valence-electron chi connectivity index (χ0n) is 11.0. The van der Waals surface area contributed by atoms with Crippen LogP contribution in [0, 0.1) is 0 Å². The molecule has 6 nitrogen and oxygen atoms in total. The molecule has 0 radical (unpaired) electrons. The number of urea groups is 1. The highest BCUT2D eigenvalue weighted by Crippen LogP contribution is 1.94. The van der Waals surface area contributed by atoms with Crippen LogP contribution in [0.15, 0.2) is 0 Å². The molecule has 0 saturated carbocycles. The van der Waals surface area contributed by atoms with Crippen molar-refractivity contribution in [3.05, 3.63) is 0 Å². The van der Waals surface area contributed by atoms with Gasteiger partial charge in [0.1, 0.15) is 6.04 Å². The van der Waals surface area contributed by atoms with E-state index in [0.29, 0.717) is 6.42 Å². The van der Waals surface area contributed by atoms with Gasteiger partial charge in [-0.05, 0) is 40.4 Å². The van der Waals surface area contributed by atoms with Crippen LogP contribution < -0.4 is 10.6 Å². The van der Waals surface area contributed by atoms with Crippen LogP contribution in [0.5, 0.6) is 0 Å². The number of hydrogen-bond donors (Lipinski definition) is 3. The maximum atomic E-state index is 11.5. The van der Waals surface area contributed by atoms with Gasteiger partial charge in [0.2, 0.25) is 0 Å². The van der Waals surface area contributed by atoms with Crippen molar-refractivity contribution in [2.24, 2.45) is 0 Å². The summed E-state index contributed by atoms with van der Waals surface area (Å²) in [4.78, 5) is 24.2. The van der Waals surface area contributed by atoms with Gasteiger partial charge in [-0.25, -0.2) is 9.59 Å². The highest BCUT2D eigenvalue weighted by molar-refractivity contribution is 5.82. The van der Waals surface area contributed by atoms with Crippen molar-refractivity contribution >= 4 is 12.0 Å². The molecule has 3 N–H and O–H groups in total.